The zero-order chi connectivity index (χ0) is 14.0. The zero-order valence-electron chi connectivity index (χ0n) is 9.75. The van der Waals surface area contributed by atoms with E-state index >= 15 is 0 Å². The number of carboxylic acid groups (broad SMARTS) is 1. The zero-order valence-corrected chi connectivity index (χ0v) is 9.75. The lowest BCUT2D eigenvalue weighted by Crippen LogP contribution is -2.29. The van der Waals surface area contributed by atoms with Crippen LogP contribution in [0.1, 0.15) is 10.4 Å². The molecule has 0 spiro atoms. The van der Waals surface area contributed by atoms with Crippen molar-refractivity contribution in [2.45, 2.75) is 0 Å². The van der Waals surface area contributed by atoms with Crippen LogP contribution in [0, 0.1) is 0 Å². The van der Waals surface area contributed by atoms with Crippen molar-refractivity contribution in [2.24, 2.45) is 0 Å². The summed E-state index contributed by atoms with van der Waals surface area (Å²) in [5.74, 6) is -2.41. The summed E-state index contributed by atoms with van der Waals surface area (Å²) in [5.41, 5.74) is -0.169. The molecule has 0 radical (unpaired) electrons. The number of fused-ring (bicyclic) bond motifs is 1. The first-order valence-corrected chi connectivity index (χ1v) is 5.44. The second-order valence-corrected chi connectivity index (χ2v) is 3.91. The van der Waals surface area contributed by atoms with Gasteiger partial charge in [0, 0.05) is 10.8 Å². The third kappa shape index (κ3) is 2.42. The van der Waals surface area contributed by atoms with Crippen molar-refractivity contribution in [3.8, 4) is 11.5 Å². The van der Waals surface area contributed by atoms with E-state index in [1.807, 2.05) is 0 Å². The Balaban J connectivity index is 2.47. The quantitative estimate of drug-likeness (QED) is 0.618. The summed E-state index contributed by atoms with van der Waals surface area (Å²) in [6.45, 7) is -0.564. The Labute approximate surface area is 107 Å². The maximum Gasteiger partial charge on any atom is 0.322 e. The van der Waals surface area contributed by atoms with Crippen LogP contribution in [0.25, 0.3) is 10.8 Å². The standard InChI is InChI=1S/C13H11NO5/c15-10-5-9(13(19)14-6-11(16)17)12(18)8-4-2-1-3-7(8)10/h1-5,15,18H,6H2,(H,14,19)(H,16,17). The van der Waals surface area contributed by atoms with Gasteiger partial charge in [0.25, 0.3) is 5.91 Å². The lowest BCUT2D eigenvalue weighted by atomic mass is 10.0. The molecule has 0 saturated carbocycles. The molecule has 6 heteroatoms. The second kappa shape index (κ2) is 4.85. The predicted octanol–water partition coefficient (Wildman–Crippen LogP) is 1.07. The summed E-state index contributed by atoms with van der Waals surface area (Å²) in [4.78, 5) is 22.1. The molecule has 0 bridgehead atoms. The third-order valence-corrected chi connectivity index (χ3v) is 2.64. The molecule has 0 aliphatic rings. The Morgan fingerprint density at radius 2 is 1.74 bits per heavy atom. The maximum absolute atomic E-state index is 11.7. The molecule has 98 valence electrons. The topological polar surface area (TPSA) is 107 Å². The van der Waals surface area contributed by atoms with Crippen LogP contribution in [-0.2, 0) is 4.79 Å². The molecule has 2 aromatic carbocycles. The van der Waals surface area contributed by atoms with E-state index in [1.54, 1.807) is 24.3 Å². The third-order valence-electron chi connectivity index (χ3n) is 2.64. The van der Waals surface area contributed by atoms with Crippen LogP contribution in [0.2, 0.25) is 0 Å². The molecule has 1 amide bonds. The number of aromatic hydroxyl groups is 2. The van der Waals surface area contributed by atoms with E-state index in [1.165, 1.54) is 0 Å². The summed E-state index contributed by atoms with van der Waals surface area (Å²) in [6, 6.07) is 7.60. The Bertz CT molecular complexity index is 665. The lowest BCUT2D eigenvalue weighted by molar-refractivity contribution is -0.135. The van der Waals surface area contributed by atoms with Crippen molar-refractivity contribution in [3.05, 3.63) is 35.9 Å². The fraction of sp³-hybridized carbons (Fsp3) is 0.0769. The molecule has 0 aliphatic heterocycles. The van der Waals surface area contributed by atoms with E-state index in [-0.39, 0.29) is 17.1 Å². The number of hydrogen-bond acceptors (Lipinski definition) is 4. The summed E-state index contributed by atoms with van der Waals surface area (Å²) in [6.07, 6.45) is 0. The van der Waals surface area contributed by atoms with Gasteiger partial charge < -0.3 is 20.6 Å². The van der Waals surface area contributed by atoms with Gasteiger partial charge in [-0.3, -0.25) is 9.59 Å². The summed E-state index contributed by atoms with van der Waals surface area (Å²) < 4.78 is 0. The van der Waals surface area contributed by atoms with E-state index in [9.17, 15) is 19.8 Å². The van der Waals surface area contributed by atoms with Crippen LogP contribution < -0.4 is 5.32 Å². The van der Waals surface area contributed by atoms with Crippen LogP contribution in [0.4, 0.5) is 0 Å². The second-order valence-electron chi connectivity index (χ2n) is 3.91. The van der Waals surface area contributed by atoms with E-state index in [4.69, 9.17) is 5.11 Å². The smallest absolute Gasteiger partial charge is 0.322 e. The summed E-state index contributed by atoms with van der Waals surface area (Å²) >= 11 is 0. The summed E-state index contributed by atoms with van der Waals surface area (Å²) in [7, 11) is 0. The first-order valence-electron chi connectivity index (χ1n) is 5.44. The molecule has 0 fully saturated rings. The van der Waals surface area contributed by atoms with Crippen molar-refractivity contribution in [3.63, 3.8) is 0 Å². The number of nitrogens with one attached hydrogen (secondary N) is 1. The van der Waals surface area contributed by atoms with E-state index in [2.05, 4.69) is 5.32 Å². The first-order chi connectivity index (χ1) is 9.00. The van der Waals surface area contributed by atoms with Crippen molar-refractivity contribution in [2.75, 3.05) is 6.54 Å². The minimum Gasteiger partial charge on any atom is -0.507 e. The molecule has 4 N–H and O–H groups in total. The van der Waals surface area contributed by atoms with Crippen molar-refractivity contribution in [1.29, 1.82) is 0 Å². The molecule has 6 nitrogen and oxygen atoms in total. The van der Waals surface area contributed by atoms with Crippen molar-refractivity contribution < 1.29 is 24.9 Å². The number of hydrogen-bond donors (Lipinski definition) is 4. The minimum atomic E-state index is -1.20. The minimum absolute atomic E-state index is 0.158. The van der Waals surface area contributed by atoms with Gasteiger partial charge in [0.15, 0.2) is 0 Å². The van der Waals surface area contributed by atoms with Crippen LogP contribution in [0.3, 0.4) is 0 Å². The van der Waals surface area contributed by atoms with Crippen LogP contribution in [0.15, 0.2) is 30.3 Å². The number of rotatable bonds is 3. The van der Waals surface area contributed by atoms with Gasteiger partial charge in [0.1, 0.15) is 18.0 Å². The van der Waals surface area contributed by atoms with Gasteiger partial charge in [-0.1, -0.05) is 24.3 Å². The lowest BCUT2D eigenvalue weighted by Gasteiger charge is -2.09. The highest BCUT2D eigenvalue weighted by molar-refractivity contribution is 6.06. The van der Waals surface area contributed by atoms with Crippen LogP contribution in [-0.4, -0.2) is 33.7 Å². The molecule has 0 saturated heterocycles. The van der Waals surface area contributed by atoms with Gasteiger partial charge in [0.05, 0.1) is 5.56 Å². The highest BCUT2D eigenvalue weighted by atomic mass is 16.4. The van der Waals surface area contributed by atoms with Gasteiger partial charge in [-0.2, -0.15) is 0 Å². The molecule has 0 atom stereocenters. The molecule has 0 aliphatic carbocycles. The first kappa shape index (κ1) is 12.7. The number of carbonyl (C=O) groups is 2. The van der Waals surface area contributed by atoms with E-state index in [0.717, 1.165) is 6.07 Å². The van der Waals surface area contributed by atoms with E-state index < -0.39 is 18.4 Å². The molecule has 2 aromatic rings. The number of carbonyl (C=O) groups excluding carboxylic acids is 1. The fourth-order valence-corrected chi connectivity index (χ4v) is 1.77. The highest BCUT2D eigenvalue weighted by Crippen LogP contribution is 2.34. The number of aliphatic carboxylic acids is 1. The number of phenolic OH excluding ortho intramolecular Hbond substituents is 2. The number of amides is 1. The van der Waals surface area contributed by atoms with Crippen molar-refractivity contribution >= 4 is 22.6 Å². The monoisotopic (exact) mass is 261 g/mol. The van der Waals surface area contributed by atoms with Gasteiger partial charge in [-0.05, 0) is 6.07 Å². The van der Waals surface area contributed by atoms with Gasteiger partial charge >= 0.3 is 5.97 Å². The van der Waals surface area contributed by atoms with Gasteiger partial charge in [0.2, 0.25) is 0 Å². The Hall–Kier alpha value is -2.76. The van der Waals surface area contributed by atoms with Crippen LogP contribution >= 0.6 is 0 Å². The number of benzene rings is 2. The van der Waals surface area contributed by atoms with E-state index in [0.29, 0.717) is 10.8 Å². The normalized spacial score (nSPS) is 10.3. The molecule has 0 aromatic heterocycles. The molecule has 19 heavy (non-hydrogen) atoms. The largest absolute Gasteiger partial charge is 0.507 e. The van der Waals surface area contributed by atoms with Crippen molar-refractivity contribution in [1.82, 2.24) is 5.32 Å². The molecular formula is C13H11NO5. The Morgan fingerprint density at radius 3 is 2.37 bits per heavy atom. The average Bonchev–Trinajstić information content (AvgIpc) is 2.40. The summed E-state index contributed by atoms with van der Waals surface area (Å²) in [5, 5.41) is 31.1. The maximum atomic E-state index is 11.7. The Kier molecular flexibility index (Phi) is 3.24. The van der Waals surface area contributed by atoms with Gasteiger partial charge in [-0.25, -0.2) is 0 Å². The highest BCUT2D eigenvalue weighted by Gasteiger charge is 2.17. The predicted molar refractivity (Wildman–Crippen MR) is 67.2 cm³/mol. The number of carboxylic acids is 1. The van der Waals surface area contributed by atoms with Gasteiger partial charge in [-0.15, -0.1) is 0 Å². The molecule has 2 rings (SSSR count). The number of phenols is 2. The molecule has 0 heterocycles. The molecule has 0 unspecified atom stereocenters. The van der Waals surface area contributed by atoms with Crippen LogP contribution in [0.5, 0.6) is 11.5 Å². The average molecular weight is 261 g/mol. The fourth-order valence-electron chi connectivity index (χ4n) is 1.77. The molecular weight excluding hydrogens is 250 g/mol. The Morgan fingerprint density at radius 1 is 1.11 bits per heavy atom. The SMILES string of the molecule is O=C(O)CNC(=O)c1cc(O)c2ccccc2c1O.